The SMILES string of the molecule is CC[C@@H](C(=O)N1CCCN(c2nc3ccccc3c3nnc(-c4ccccc4Cl)n23)CC1)c1ccccc1. The Hall–Kier alpha value is -3.97. The first-order valence-corrected chi connectivity index (χ1v) is 13.5. The molecule has 1 aliphatic heterocycles. The molecule has 7 nitrogen and oxygen atoms in total. The number of aromatic nitrogens is 4. The molecule has 1 fully saturated rings. The van der Waals surface area contributed by atoms with Crippen LogP contribution in [0.1, 0.15) is 31.2 Å². The Labute approximate surface area is 226 Å². The van der Waals surface area contributed by atoms with Crippen molar-refractivity contribution >= 4 is 40.0 Å². The van der Waals surface area contributed by atoms with Gasteiger partial charge in [-0.25, -0.2) is 9.38 Å². The smallest absolute Gasteiger partial charge is 0.230 e. The fourth-order valence-corrected chi connectivity index (χ4v) is 5.61. The van der Waals surface area contributed by atoms with E-state index in [0.717, 1.165) is 59.6 Å². The molecule has 0 saturated carbocycles. The molecule has 1 atom stereocenters. The Balaban J connectivity index is 1.37. The Morgan fingerprint density at radius 2 is 1.66 bits per heavy atom. The van der Waals surface area contributed by atoms with E-state index in [1.54, 1.807) is 0 Å². The van der Waals surface area contributed by atoms with Gasteiger partial charge in [-0.15, -0.1) is 10.2 Å². The highest BCUT2D eigenvalue weighted by Crippen LogP contribution is 2.32. The number of hydrogen-bond donors (Lipinski definition) is 0. The number of para-hydroxylation sites is 1. The number of carbonyl (C=O) groups excluding carboxylic acids is 1. The second-order valence-corrected chi connectivity index (χ2v) is 10.0. The van der Waals surface area contributed by atoms with E-state index in [1.807, 2.05) is 88.2 Å². The summed E-state index contributed by atoms with van der Waals surface area (Å²) in [6.07, 6.45) is 1.62. The van der Waals surface area contributed by atoms with Crippen molar-refractivity contribution < 1.29 is 4.79 Å². The van der Waals surface area contributed by atoms with Crippen LogP contribution in [-0.4, -0.2) is 56.6 Å². The second kappa shape index (κ2) is 10.4. The molecule has 6 rings (SSSR count). The molecule has 0 unspecified atom stereocenters. The van der Waals surface area contributed by atoms with E-state index in [1.165, 1.54) is 0 Å². The second-order valence-electron chi connectivity index (χ2n) is 9.63. The van der Waals surface area contributed by atoms with Gasteiger partial charge in [-0.05, 0) is 42.7 Å². The number of anilines is 1. The van der Waals surface area contributed by atoms with Crippen molar-refractivity contribution in [3.05, 3.63) is 89.4 Å². The summed E-state index contributed by atoms with van der Waals surface area (Å²) < 4.78 is 2.01. The van der Waals surface area contributed by atoms with Crippen molar-refractivity contribution in [1.82, 2.24) is 24.5 Å². The zero-order valence-electron chi connectivity index (χ0n) is 21.3. The summed E-state index contributed by atoms with van der Waals surface area (Å²) in [6, 6.07) is 25.7. The van der Waals surface area contributed by atoms with Crippen LogP contribution >= 0.6 is 11.6 Å². The number of fused-ring (bicyclic) bond motifs is 3. The molecular formula is C30H29ClN6O. The standard InChI is InChI=1S/C30H29ClN6O/c1-2-22(21-11-4-3-5-12-21)29(38)35-17-10-18-36(20-19-35)30-32-26-16-9-7-14-24(26)28-34-33-27(37(28)30)23-13-6-8-15-25(23)31/h3-9,11-16,22H,2,10,17-20H2,1H3/t22-/m1/s1. The van der Waals surface area contributed by atoms with Crippen LogP contribution in [0, 0.1) is 0 Å². The maximum Gasteiger partial charge on any atom is 0.230 e. The van der Waals surface area contributed by atoms with Crippen LogP contribution in [-0.2, 0) is 4.79 Å². The van der Waals surface area contributed by atoms with Crippen LogP contribution in [0.2, 0.25) is 5.02 Å². The first-order valence-electron chi connectivity index (χ1n) is 13.1. The summed E-state index contributed by atoms with van der Waals surface area (Å²) in [6.45, 7) is 4.86. The number of amides is 1. The average molecular weight is 525 g/mol. The number of carbonyl (C=O) groups is 1. The van der Waals surface area contributed by atoms with Crippen LogP contribution in [0.5, 0.6) is 0 Å². The molecule has 8 heteroatoms. The van der Waals surface area contributed by atoms with Crippen molar-refractivity contribution in [2.24, 2.45) is 0 Å². The van der Waals surface area contributed by atoms with Gasteiger partial charge in [0.05, 0.1) is 16.5 Å². The summed E-state index contributed by atoms with van der Waals surface area (Å²) in [5, 5.41) is 10.7. The molecule has 0 aliphatic carbocycles. The maximum absolute atomic E-state index is 13.6. The van der Waals surface area contributed by atoms with E-state index in [4.69, 9.17) is 16.6 Å². The van der Waals surface area contributed by atoms with Gasteiger partial charge in [0, 0.05) is 37.1 Å². The molecule has 192 valence electrons. The molecular weight excluding hydrogens is 496 g/mol. The van der Waals surface area contributed by atoms with E-state index in [2.05, 4.69) is 22.0 Å². The Morgan fingerprint density at radius 1 is 0.895 bits per heavy atom. The number of nitrogens with zero attached hydrogens (tertiary/aromatic N) is 6. The van der Waals surface area contributed by atoms with E-state index in [9.17, 15) is 4.79 Å². The highest BCUT2D eigenvalue weighted by atomic mass is 35.5. The van der Waals surface area contributed by atoms with E-state index >= 15 is 0 Å². The molecule has 0 bridgehead atoms. The lowest BCUT2D eigenvalue weighted by molar-refractivity contribution is -0.132. The third-order valence-corrected chi connectivity index (χ3v) is 7.67. The van der Waals surface area contributed by atoms with Crippen LogP contribution in [0.3, 0.4) is 0 Å². The van der Waals surface area contributed by atoms with Crippen LogP contribution in [0.15, 0.2) is 78.9 Å². The molecule has 38 heavy (non-hydrogen) atoms. The van der Waals surface area contributed by atoms with Gasteiger partial charge in [0.2, 0.25) is 11.9 Å². The lowest BCUT2D eigenvalue weighted by Crippen LogP contribution is -2.38. The van der Waals surface area contributed by atoms with Gasteiger partial charge in [-0.2, -0.15) is 0 Å². The molecule has 0 N–H and O–H groups in total. The van der Waals surface area contributed by atoms with Crippen molar-refractivity contribution in [1.29, 1.82) is 0 Å². The van der Waals surface area contributed by atoms with Crippen molar-refractivity contribution in [3.63, 3.8) is 0 Å². The highest BCUT2D eigenvalue weighted by molar-refractivity contribution is 6.33. The monoisotopic (exact) mass is 524 g/mol. The third kappa shape index (κ3) is 4.37. The number of hydrogen-bond acceptors (Lipinski definition) is 5. The van der Waals surface area contributed by atoms with E-state index in [-0.39, 0.29) is 11.8 Å². The molecule has 3 heterocycles. The van der Waals surface area contributed by atoms with Crippen LogP contribution in [0.4, 0.5) is 5.95 Å². The highest BCUT2D eigenvalue weighted by Gasteiger charge is 2.28. The van der Waals surface area contributed by atoms with Crippen molar-refractivity contribution in [2.75, 3.05) is 31.1 Å². The summed E-state index contributed by atoms with van der Waals surface area (Å²) >= 11 is 6.59. The molecule has 0 spiro atoms. The molecule has 5 aromatic rings. The quantitative estimate of drug-likeness (QED) is 0.289. The summed E-state index contributed by atoms with van der Waals surface area (Å²) in [7, 11) is 0. The zero-order chi connectivity index (χ0) is 26.1. The Morgan fingerprint density at radius 3 is 2.47 bits per heavy atom. The van der Waals surface area contributed by atoms with Gasteiger partial charge in [0.25, 0.3) is 0 Å². The minimum atomic E-state index is -0.127. The van der Waals surface area contributed by atoms with Crippen molar-refractivity contribution in [2.45, 2.75) is 25.7 Å². The summed E-state index contributed by atoms with van der Waals surface area (Å²) in [5.41, 5.74) is 3.49. The Kier molecular flexibility index (Phi) is 6.68. The summed E-state index contributed by atoms with van der Waals surface area (Å²) in [4.78, 5) is 23.0. The lowest BCUT2D eigenvalue weighted by atomic mass is 9.95. The van der Waals surface area contributed by atoms with Crippen LogP contribution < -0.4 is 4.90 Å². The predicted molar refractivity (Wildman–Crippen MR) is 152 cm³/mol. The summed E-state index contributed by atoms with van der Waals surface area (Å²) in [5.74, 6) is 1.49. The Bertz CT molecular complexity index is 1600. The molecule has 0 radical (unpaired) electrons. The molecule has 1 amide bonds. The molecule has 1 saturated heterocycles. The minimum Gasteiger partial charge on any atom is -0.340 e. The van der Waals surface area contributed by atoms with Gasteiger partial charge in [-0.3, -0.25) is 4.79 Å². The predicted octanol–water partition coefficient (Wildman–Crippen LogP) is 5.83. The van der Waals surface area contributed by atoms with Gasteiger partial charge in [-0.1, -0.05) is 73.1 Å². The fraction of sp³-hybridized carbons (Fsp3) is 0.267. The van der Waals surface area contributed by atoms with Gasteiger partial charge >= 0.3 is 0 Å². The van der Waals surface area contributed by atoms with Gasteiger partial charge in [0.1, 0.15) is 0 Å². The fourth-order valence-electron chi connectivity index (χ4n) is 5.39. The van der Waals surface area contributed by atoms with Gasteiger partial charge in [0.15, 0.2) is 11.5 Å². The third-order valence-electron chi connectivity index (χ3n) is 7.34. The number of halogens is 1. The normalized spacial score (nSPS) is 15.1. The lowest BCUT2D eigenvalue weighted by Gasteiger charge is -2.27. The van der Waals surface area contributed by atoms with Crippen LogP contribution in [0.25, 0.3) is 27.9 Å². The first-order chi connectivity index (χ1) is 18.7. The minimum absolute atomic E-state index is 0.127. The average Bonchev–Trinajstić information content (AvgIpc) is 3.24. The topological polar surface area (TPSA) is 66.6 Å². The maximum atomic E-state index is 13.6. The molecule has 3 aromatic carbocycles. The van der Waals surface area contributed by atoms with E-state index in [0.29, 0.717) is 23.9 Å². The van der Waals surface area contributed by atoms with E-state index < -0.39 is 0 Å². The number of benzene rings is 3. The molecule has 1 aliphatic rings. The van der Waals surface area contributed by atoms with Gasteiger partial charge < -0.3 is 9.80 Å². The molecule has 2 aromatic heterocycles. The number of rotatable bonds is 5. The van der Waals surface area contributed by atoms with Crippen molar-refractivity contribution in [3.8, 4) is 11.4 Å². The largest absolute Gasteiger partial charge is 0.340 e. The first kappa shape index (κ1) is 24.4. The zero-order valence-corrected chi connectivity index (χ0v) is 22.1.